The number of Topliss-reactive ketones (excluding diaryl/α,β-unsaturated/α-hetero) is 3. The summed E-state index contributed by atoms with van der Waals surface area (Å²) in [5.74, 6) is -8.45. The zero-order valence-electron chi connectivity index (χ0n) is 81.6. The molecule has 758 valence electrons. The number of aliphatic hydroxyl groups excluding tert-OH is 1. The molecule has 4 amide bonds. The van der Waals surface area contributed by atoms with Crippen LogP contribution in [0.5, 0.6) is 0 Å². The van der Waals surface area contributed by atoms with E-state index in [1.54, 1.807) is 54.2 Å². The number of nitrogens with one attached hydrogen (secondary N) is 3. The monoisotopic (exact) mass is 1920 g/mol. The molecule has 2 bridgehead atoms. The Labute approximate surface area is 803 Å². The number of hydrogen-bond donors (Lipinski definition) is 6. The Morgan fingerprint density at radius 2 is 1.32 bits per heavy atom. The Kier molecular flexibility index (Phi) is 46.5. The average molecular weight is 1920 g/mol. The first-order valence-electron chi connectivity index (χ1n) is 48.5. The van der Waals surface area contributed by atoms with Crippen molar-refractivity contribution in [1.29, 1.82) is 0 Å². The molecule has 10 rings (SSSR count). The lowest BCUT2D eigenvalue weighted by Gasteiger charge is -2.42. The molecule has 1 saturated carbocycles. The molecule has 37 nitrogen and oxygen atoms in total. The van der Waals surface area contributed by atoms with E-state index in [-0.39, 0.29) is 100 Å². The molecule has 37 heteroatoms. The third kappa shape index (κ3) is 34.3. The van der Waals surface area contributed by atoms with Crippen LogP contribution in [0, 0.1) is 35.5 Å². The largest absolute Gasteiger partial charge is 0.460 e. The Balaban J connectivity index is 0.510. The number of amides is 4. The molecule has 137 heavy (non-hydrogen) atoms. The Morgan fingerprint density at radius 1 is 0.672 bits per heavy atom. The molecule has 1 aliphatic carbocycles. The van der Waals surface area contributed by atoms with Gasteiger partial charge in [-0.1, -0.05) is 89.3 Å². The highest BCUT2D eigenvalue weighted by molar-refractivity contribution is 6.39. The topological polar surface area (TPSA) is 454 Å². The number of anilines is 1. The number of esters is 1. The van der Waals surface area contributed by atoms with Crippen molar-refractivity contribution >= 4 is 75.0 Å². The molecule has 4 aliphatic heterocycles. The van der Waals surface area contributed by atoms with Gasteiger partial charge in [0.2, 0.25) is 17.6 Å². The van der Waals surface area contributed by atoms with E-state index in [1.165, 1.54) is 23.9 Å². The van der Waals surface area contributed by atoms with Crippen LogP contribution in [-0.4, -0.2) is 331 Å². The average Bonchev–Trinajstić information content (AvgIpc) is 1.58. The van der Waals surface area contributed by atoms with Gasteiger partial charge in [0.15, 0.2) is 11.4 Å². The number of hydrogen-bond acceptors (Lipinski definition) is 31. The quantitative estimate of drug-likeness (QED) is 0.00916. The zero-order valence-corrected chi connectivity index (χ0v) is 81.6. The number of methoxy groups -OCH3 is 3. The van der Waals surface area contributed by atoms with Gasteiger partial charge in [-0.2, -0.15) is 5.10 Å². The fourth-order valence-electron chi connectivity index (χ4n) is 17.9. The molecule has 8 heterocycles. The first kappa shape index (κ1) is 110. The van der Waals surface area contributed by atoms with Crippen molar-refractivity contribution in [2.24, 2.45) is 35.5 Å². The summed E-state index contributed by atoms with van der Waals surface area (Å²) < 4.78 is 93.9. The number of piperidine rings is 1. The van der Waals surface area contributed by atoms with Crippen LogP contribution < -0.4 is 16.4 Å². The number of nitrogens with zero attached hydrogens (tertiary/aromatic N) is 7. The summed E-state index contributed by atoms with van der Waals surface area (Å²) in [7, 11) is 4.48. The van der Waals surface area contributed by atoms with E-state index in [9.17, 15) is 48.6 Å². The van der Waals surface area contributed by atoms with Crippen LogP contribution in [0.1, 0.15) is 155 Å². The van der Waals surface area contributed by atoms with Gasteiger partial charge in [-0.3, -0.25) is 28.8 Å². The minimum Gasteiger partial charge on any atom is -0.460 e. The molecule has 0 spiro atoms. The SMILES string of the molecule is CO[C@H]1C[C@@H]2CC[C@@H](C)[C@@](O)(O2)C(=O)C(=O)N2CCCC[C@H]2C(=O)O[C@H]([C@H](C)CC2CCC(OC(=O)NCCOCCOCCOCCOCCOCCC(=O)NCCOCCOCCOCCOCCOCCC(=O)N3CCc4cc(Cn5nc(-c6cnc7[nH]ccc7c6)c6c(N)ncnc65)ccc4C3)[C@H](OC)C2)CC(=O)[C@H](C)/C=C(\C)C(O)[C@@H](OC)C(=O)[C@H](C)C[C@H](C)/C=C/C=C/C=C/1C. The summed E-state index contributed by atoms with van der Waals surface area (Å²) in [6.07, 6.45) is 15.5. The third-order valence-corrected chi connectivity index (χ3v) is 25.9. The van der Waals surface area contributed by atoms with Gasteiger partial charge in [0.25, 0.3) is 11.7 Å². The van der Waals surface area contributed by atoms with Gasteiger partial charge in [0.05, 0.1) is 169 Å². The summed E-state index contributed by atoms with van der Waals surface area (Å²) in [5.41, 5.74) is 13.9. The lowest BCUT2D eigenvalue weighted by molar-refractivity contribution is -0.265. The zero-order chi connectivity index (χ0) is 98.0. The van der Waals surface area contributed by atoms with E-state index in [4.69, 9.17) is 86.6 Å². The molecule has 3 unspecified atom stereocenters. The van der Waals surface area contributed by atoms with E-state index in [0.29, 0.717) is 224 Å². The number of alkyl carbamates (subject to hydrolysis) is 1. The number of rotatable bonds is 46. The highest BCUT2D eigenvalue weighted by atomic mass is 16.6. The number of aliphatic hydroxyl groups is 2. The van der Waals surface area contributed by atoms with Crippen molar-refractivity contribution in [3.8, 4) is 11.3 Å². The number of H-pyrrole nitrogens is 1. The summed E-state index contributed by atoms with van der Waals surface area (Å²) >= 11 is 0. The van der Waals surface area contributed by atoms with Crippen LogP contribution in [0.15, 0.2) is 96.7 Å². The number of allylic oxidation sites excluding steroid dienone is 6. The molecule has 4 aromatic heterocycles. The van der Waals surface area contributed by atoms with Crippen molar-refractivity contribution in [3.05, 3.63) is 113 Å². The Hall–Kier alpha value is -9.26. The predicted octanol–water partition coefficient (Wildman–Crippen LogP) is 8.88. The van der Waals surface area contributed by atoms with Gasteiger partial charge >= 0.3 is 12.1 Å². The minimum absolute atomic E-state index is 0.0216. The molecule has 15 atom stereocenters. The van der Waals surface area contributed by atoms with Crippen LogP contribution >= 0.6 is 0 Å². The van der Waals surface area contributed by atoms with Gasteiger partial charge in [0.1, 0.15) is 59.7 Å². The van der Waals surface area contributed by atoms with E-state index in [0.717, 1.165) is 39.7 Å². The second-order valence-electron chi connectivity index (χ2n) is 36.1. The van der Waals surface area contributed by atoms with Crippen LogP contribution in [0.4, 0.5) is 10.6 Å². The second-order valence-corrected chi connectivity index (χ2v) is 36.1. The van der Waals surface area contributed by atoms with E-state index >= 15 is 0 Å². The van der Waals surface area contributed by atoms with Crippen molar-refractivity contribution < 1.29 is 124 Å². The number of benzene rings is 1. The fraction of sp³-hybridized carbons (Fsp3) is 0.660. The molecule has 5 aliphatic rings. The van der Waals surface area contributed by atoms with Crippen LogP contribution in [-0.2, 0) is 129 Å². The predicted molar refractivity (Wildman–Crippen MR) is 507 cm³/mol. The first-order valence-corrected chi connectivity index (χ1v) is 48.5. The highest BCUT2D eigenvalue weighted by Gasteiger charge is 2.53. The molecule has 0 radical (unpaired) electrons. The number of carbonyl (C=O) groups excluding carboxylic acids is 8. The lowest BCUT2D eigenvalue weighted by atomic mass is 9.78. The van der Waals surface area contributed by atoms with Crippen LogP contribution in [0.2, 0.25) is 0 Å². The number of cyclic esters (lactones) is 1. The number of fused-ring (bicyclic) bond motifs is 6. The van der Waals surface area contributed by atoms with Gasteiger partial charge in [0, 0.05) is 114 Å². The molecule has 7 N–H and O–H groups in total. The number of aromatic amines is 1. The van der Waals surface area contributed by atoms with Gasteiger partial charge < -0.3 is 117 Å². The van der Waals surface area contributed by atoms with Crippen LogP contribution in [0.25, 0.3) is 33.3 Å². The normalized spacial score (nSPS) is 25.8. The summed E-state index contributed by atoms with van der Waals surface area (Å²) in [6, 6.07) is 9.12. The van der Waals surface area contributed by atoms with E-state index in [1.807, 2.05) is 79.1 Å². The van der Waals surface area contributed by atoms with Gasteiger partial charge in [-0.25, -0.2) is 29.2 Å². The fourth-order valence-corrected chi connectivity index (χ4v) is 17.9. The first-order chi connectivity index (χ1) is 66.3. The lowest BCUT2D eigenvalue weighted by Crippen LogP contribution is -2.61. The van der Waals surface area contributed by atoms with Crippen molar-refractivity contribution in [2.75, 3.05) is 185 Å². The number of ketones is 3. The van der Waals surface area contributed by atoms with Crippen molar-refractivity contribution in [3.63, 3.8) is 0 Å². The summed E-state index contributed by atoms with van der Waals surface area (Å²) in [6.45, 7) is 21.6. The molecular formula is C100H147N11O26. The molecule has 5 aromatic rings. The minimum atomic E-state index is -2.49. The van der Waals surface area contributed by atoms with Gasteiger partial charge in [-0.05, 0) is 142 Å². The number of ether oxygens (including phenoxy) is 16. The van der Waals surface area contributed by atoms with Crippen molar-refractivity contribution in [1.82, 2.24) is 50.1 Å². The van der Waals surface area contributed by atoms with E-state index < -0.39 is 102 Å². The maximum atomic E-state index is 14.8. The molecule has 3 fully saturated rings. The Morgan fingerprint density at radius 3 is 1.98 bits per heavy atom. The summed E-state index contributed by atoms with van der Waals surface area (Å²) in [4.78, 5) is 130. The smallest absolute Gasteiger partial charge is 0.407 e. The third-order valence-electron chi connectivity index (χ3n) is 25.9. The number of pyridine rings is 1. The molecule has 1 aromatic carbocycles. The van der Waals surface area contributed by atoms with E-state index in [2.05, 4.69) is 48.8 Å². The Bertz CT molecular complexity index is 4750. The highest BCUT2D eigenvalue weighted by Crippen LogP contribution is 2.40. The maximum Gasteiger partial charge on any atom is 0.407 e. The second kappa shape index (κ2) is 58.1. The van der Waals surface area contributed by atoms with Crippen LogP contribution in [0.3, 0.4) is 0 Å². The number of nitrogen functional groups attached to an aromatic ring is 1. The maximum absolute atomic E-state index is 14.8. The standard InChI is InChI=1S/C100H147N11O26/c1-66-16-12-11-13-17-67(2)83(122-8)60-79-23-19-72(7)100(121,137-79)93(117)97(118)110-32-15-14-18-80(110)98(119)135-84(61-81(112)68(3)55-71(6)91(116)92(124-10)90(115)70(5)54-66)69(4)56-73-21-24-82(85(58-73)123-9)136-99(120)104-31-37-128-41-45-132-49-53-133-50-46-129-42-38-125-34-27-86(113)102-30-36-127-40-44-131-48-52-134-51-47-130-43-39-126-35-28-87(114)109-33-26-75-57-74(20-22-77(75)64-109)63-111-96-88(94(101)106-65-107-96)89(108-111)78-59-76-25-29-103-95(76)105-62-78/h11-13,16-17,20,22,25,29,55,57,59,62,65-66,68-70,72-73,79-80,82-85,91-92,116,121H,14-15,18-19,21,23-24,26-28,30-54,56,58,60-61,63-64H2,1-10H3,(H,102,113)(H,103,105)(H,104,120)(H2,101,106,107)/b13-11+,16-12+,67-17+,71-55+/t66-,68-,69-,70-,72-,73?,79+,80+,82?,83+,84+,85-,91?,92+,100-/m1/s1. The molecular weight excluding hydrogens is 1770 g/mol. The summed E-state index contributed by atoms with van der Waals surface area (Å²) in [5, 5.41) is 35.9. The number of aromatic nitrogens is 6. The van der Waals surface area contributed by atoms with Gasteiger partial charge in [-0.15, -0.1) is 0 Å². The number of carbonyl (C=O) groups is 8. The number of nitrogens with two attached hydrogens (primary N) is 1. The molecule has 2 saturated heterocycles. The van der Waals surface area contributed by atoms with Crippen molar-refractivity contribution in [2.45, 2.75) is 212 Å².